The minimum Gasteiger partial charge on any atom is -0.481 e. The van der Waals surface area contributed by atoms with E-state index in [-0.39, 0.29) is 18.9 Å². The van der Waals surface area contributed by atoms with E-state index in [4.69, 9.17) is 46.2 Å². The number of H-pyrrole nitrogens is 1. The number of aromatic nitrogens is 2. The van der Waals surface area contributed by atoms with Crippen molar-refractivity contribution in [2.45, 2.75) is 49.5 Å². The lowest BCUT2D eigenvalue weighted by molar-refractivity contribution is -0.139. The molecule has 1 aromatic heterocycles. The first-order valence-corrected chi connectivity index (χ1v) is 17.0. The molecule has 270 valence electrons. The maximum Gasteiger partial charge on any atom is 0.490 e. The van der Waals surface area contributed by atoms with Crippen molar-refractivity contribution in [2.75, 3.05) is 19.7 Å². The Morgan fingerprint density at radius 2 is 1.64 bits per heavy atom. The molecule has 26 nitrogen and oxygen atoms in total. The molecular formula is C18H33N6O20P3. The number of hydrogen-bond donors (Lipinski definition) is 13. The molecule has 2 fully saturated rings. The number of β-amino-alcohol motifs (C(OH)–C–C–N with tert-alkyl or cyclic N) is 1. The van der Waals surface area contributed by atoms with Crippen molar-refractivity contribution in [3.8, 4) is 0 Å². The van der Waals surface area contributed by atoms with E-state index in [1.165, 1.54) is 0 Å². The number of aliphatic carboxylic acids is 2. The number of carboxylic acid groups (broad SMARTS) is 2. The highest BCUT2D eigenvalue weighted by molar-refractivity contribution is 7.66. The van der Waals surface area contributed by atoms with E-state index >= 15 is 0 Å². The van der Waals surface area contributed by atoms with Gasteiger partial charge in [0.2, 0.25) is 0 Å². The summed E-state index contributed by atoms with van der Waals surface area (Å²) in [7, 11) is -16.8. The molecule has 3 heterocycles. The first-order valence-electron chi connectivity index (χ1n) is 12.5. The van der Waals surface area contributed by atoms with E-state index in [0.29, 0.717) is 17.5 Å². The largest absolute Gasteiger partial charge is 0.490 e. The summed E-state index contributed by atoms with van der Waals surface area (Å²) >= 11 is 0. The summed E-state index contributed by atoms with van der Waals surface area (Å²) in [5.41, 5.74) is 8.08. The number of nitrogens with one attached hydrogen (secondary N) is 2. The van der Waals surface area contributed by atoms with Crippen LogP contribution >= 0.6 is 23.5 Å². The Morgan fingerprint density at radius 1 is 1.02 bits per heavy atom. The molecular weight excluding hydrogens is 713 g/mol. The van der Waals surface area contributed by atoms with Gasteiger partial charge in [0.1, 0.15) is 24.4 Å². The van der Waals surface area contributed by atoms with Gasteiger partial charge in [0, 0.05) is 25.2 Å². The van der Waals surface area contributed by atoms with Crippen LogP contribution < -0.4 is 28.0 Å². The zero-order valence-electron chi connectivity index (χ0n) is 23.6. The second-order valence-electron chi connectivity index (χ2n) is 9.09. The highest BCUT2D eigenvalue weighted by Crippen LogP contribution is 2.66. The predicted octanol–water partition coefficient (Wildman–Crippen LogP) is -4.97. The summed E-state index contributed by atoms with van der Waals surface area (Å²) in [6.45, 7) is -0.495. The van der Waals surface area contributed by atoms with E-state index in [0.717, 1.165) is 12.3 Å². The Balaban J connectivity index is 0.000000497. The van der Waals surface area contributed by atoms with Gasteiger partial charge in [-0.05, 0) is 0 Å². The number of aliphatic imine (C=N–C) groups is 1. The van der Waals surface area contributed by atoms with Crippen molar-refractivity contribution in [3.63, 3.8) is 0 Å². The number of aliphatic hydroxyl groups excluding tert-OH is 3. The zero-order valence-corrected chi connectivity index (χ0v) is 26.2. The van der Waals surface area contributed by atoms with E-state index in [1.807, 2.05) is 4.98 Å². The van der Waals surface area contributed by atoms with Crippen molar-refractivity contribution in [3.05, 3.63) is 33.1 Å². The average molecular weight is 746 g/mol. The number of phosphoric acid groups is 3. The summed E-state index contributed by atoms with van der Waals surface area (Å²) < 4.78 is 50.6. The van der Waals surface area contributed by atoms with Crippen LogP contribution in [0.15, 0.2) is 26.8 Å². The Morgan fingerprint density at radius 3 is 2.09 bits per heavy atom. The van der Waals surface area contributed by atoms with Crippen molar-refractivity contribution >= 4 is 41.4 Å². The molecule has 1 aromatic rings. The molecule has 0 spiro atoms. The maximum atomic E-state index is 11.7. The van der Waals surface area contributed by atoms with Crippen LogP contribution in [0.25, 0.3) is 0 Å². The first kappa shape index (κ1) is 42.1. The third-order valence-electron chi connectivity index (χ3n) is 5.31. The molecule has 4 unspecified atom stereocenters. The van der Waals surface area contributed by atoms with Gasteiger partial charge in [-0.1, -0.05) is 0 Å². The lowest BCUT2D eigenvalue weighted by Gasteiger charge is -2.19. The maximum absolute atomic E-state index is 11.7. The van der Waals surface area contributed by atoms with E-state index < -0.39 is 89.9 Å². The molecule has 15 N–H and O–H groups in total. The van der Waals surface area contributed by atoms with Crippen molar-refractivity contribution in [1.82, 2.24) is 14.9 Å². The molecule has 0 aliphatic carbocycles. The minimum atomic E-state index is -5.73. The van der Waals surface area contributed by atoms with Gasteiger partial charge in [0.15, 0.2) is 12.2 Å². The number of hydrogen-bond acceptors (Lipinski definition) is 16. The van der Waals surface area contributed by atoms with Gasteiger partial charge in [-0.2, -0.15) is 8.62 Å². The van der Waals surface area contributed by atoms with Crippen LogP contribution in [0.4, 0.5) is 0 Å². The molecule has 2 saturated heterocycles. The van der Waals surface area contributed by atoms with E-state index in [2.05, 4.69) is 23.5 Å². The van der Waals surface area contributed by atoms with Crippen LogP contribution in [0.3, 0.4) is 0 Å². The van der Waals surface area contributed by atoms with Gasteiger partial charge in [-0.25, -0.2) is 18.5 Å². The number of phosphoric ester groups is 1. The molecule has 0 aromatic carbocycles. The number of carboxylic acids is 2. The Kier molecular flexibility index (Phi) is 16.2. The third-order valence-corrected chi connectivity index (χ3v) is 9.11. The second-order valence-corrected chi connectivity index (χ2v) is 13.5. The lowest BCUT2D eigenvalue weighted by atomic mass is 10.1. The van der Waals surface area contributed by atoms with Crippen LogP contribution in [-0.2, 0) is 41.2 Å². The van der Waals surface area contributed by atoms with Crippen LogP contribution in [0.1, 0.15) is 19.1 Å². The van der Waals surface area contributed by atoms with Gasteiger partial charge in [0.25, 0.3) is 5.56 Å². The molecule has 3 rings (SSSR count). The number of nitrogens with two attached hydrogens (primary N) is 2. The molecule has 47 heavy (non-hydrogen) atoms. The molecule has 0 radical (unpaired) electrons. The number of aliphatic hydroxyl groups is 3. The fourth-order valence-electron chi connectivity index (χ4n) is 3.38. The molecule has 0 bridgehead atoms. The highest BCUT2D eigenvalue weighted by atomic mass is 31.3. The standard InChI is InChI=1S/C9H15N2O15P3.C5H9NO3.C4H9N3O2/c12-5-1-2-11(9(15)10-5)8-7(14)6(13)4(24-8)3-23-28(19,20)26-29(21,22)25-27(16,17)18;7-3-1-4(5(8)9)6-2-3;5-4(6)7-2-1-3(8)9/h1-2,4,6-8,13-14H,3H2,(H,19,20)(H,21,22)(H,10,12,15)(H2,16,17,18);3-4,6-7H,1-2H2,(H,8,9);1-2H2,(H,8,9)(H4,5,6,7)/t4-,6-,7-,8-;;/m1../s1. The molecule has 0 saturated carbocycles. The van der Waals surface area contributed by atoms with E-state index in [9.17, 15) is 48.0 Å². The number of rotatable bonds is 12. The summed E-state index contributed by atoms with van der Waals surface area (Å²) in [4.78, 5) is 83.4. The molecule has 29 heteroatoms. The van der Waals surface area contributed by atoms with Crippen LogP contribution in [0.5, 0.6) is 0 Å². The molecule has 0 amide bonds. The normalized spacial score (nSPS) is 26.4. The Hall–Kier alpha value is -2.90. The van der Waals surface area contributed by atoms with Crippen LogP contribution in [0.2, 0.25) is 0 Å². The number of ether oxygens (including phenoxy) is 1. The number of guanidine groups is 1. The average Bonchev–Trinajstić information content (AvgIpc) is 3.44. The van der Waals surface area contributed by atoms with Gasteiger partial charge in [-0.15, -0.1) is 0 Å². The Labute approximate surface area is 261 Å². The summed E-state index contributed by atoms with van der Waals surface area (Å²) in [5, 5.41) is 47.8. The van der Waals surface area contributed by atoms with Crippen molar-refractivity contribution in [2.24, 2.45) is 16.5 Å². The van der Waals surface area contributed by atoms with Crippen molar-refractivity contribution in [1.29, 1.82) is 0 Å². The molecule has 2 aliphatic heterocycles. The Bertz CT molecular complexity index is 1510. The zero-order chi connectivity index (χ0) is 36.3. The summed E-state index contributed by atoms with van der Waals surface area (Å²) in [5.74, 6) is -1.86. The number of nitrogens with zero attached hydrogens (tertiary/aromatic N) is 2. The van der Waals surface area contributed by atoms with Crippen LogP contribution in [0, 0.1) is 0 Å². The highest BCUT2D eigenvalue weighted by Gasteiger charge is 2.46. The topological polar surface area (TPSA) is 436 Å². The monoisotopic (exact) mass is 746 g/mol. The van der Waals surface area contributed by atoms with Crippen LogP contribution in [-0.4, -0.2) is 123 Å². The first-order chi connectivity index (χ1) is 21.4. The second kappa shape index (κ2) is 18.0. The molecule has 8 atom stereocenters. The van der Waals surface area contributed by atoms with Gasteiger partial charge < -0.3 is 66.6 Å². The summed E-state index contributed by atoms with van der Waals surface area (Å²) in [6.07, 6.45) is -5.88. The lowest BCUT2D eigenvalue weighted by Crippen LogP contribution is -2.37. The van der Waals surface area contributed by atoms with Crippen molar-refractivity contribution < 1.29 is 86.3 Å². The summed E-state index contributed by atoms with van der Waals surface area (Å²) in [6, 6.07) is 0.378. The minimum absolute atomic E-state index is 0.0299. The van der Waals surface area contributed by atoms with Gasteiger partial charge in [-0.3, -0.25) is 33.5 Å². The quantitative estimate of drug-likeness (QED) is 0.0541. The SMILES string of the molecule is NC(N)=NCCC(=O)O.O=C(O)C1CC(O)CN1.O=c1ccn([C@@H]2O[C@H](COP(=O)(O)OP(=O)(O)OP(=O)(O)O)[C@@H](O)[C@H]2O)c(=O)[nH]1. The fraction of sp³-hybridized carbons (Fsp3) is 0.611. The smallest absolute Gasteiger partial charge is 0.481 e. The fourth-order valence-corrected chi connectivity index (χ4v) is 6.41. The third kappa shape index (κ3) is 16.2. The van der Waals surface area contributed by atoms with Gasteiger partial charge >= 0.3 is 41.1 Å². The number of aromatic amines is 1. The van der Waals surface area contributed by atoms with E-state index in [1.54, 1.807) is 0 Å². The van der Waals surface area contributed by atoms with Gasteiger partial charge in [0.05, 0.1) is 25.7 Å². The number of carbonyl (C=O) groups is 2. The predicted molar refractivity (Wildman–Crippen MR) is 150 cm³/mol. The molecule has 2 aliphatic rings.